The molecule has 0 aliphatic heterocycles. The summed E-state index contributed by atoms with van der Waals surface area (Å²) < 4.78 is 3.06. The van der Waals surface area contributed by atoms with Crippen LogP contribution in [0, 0.1) is 0 Å². The Morgan fingerprint density at radius 3 is 2.79 bits per heavy atom. The van der Waals surface area contributed by atoms with Crippen LogP contribution < -0.4 is 0 Å². The van der Waals surface area contributed by atoms with E-state index in [-0.39, 0.29) is 6.61 Å². The van der Waals surface area contributed by atoms with Crippen molar-refractivity contribution in [3.05, 3.63) is 28.9 Å². The first-order valence-electron chi connectivity index (χ1n) is 6.57. The predicted molar refractivity (Wildman–Crippen MR) is 77.0 cm³/mol. The summed E-state index contributed by atoms with van der Waals surface area (Å²) in [4.78, 5) is 0. The molecule has 4 nitrogen and oxygen atoms in total. The first-order valence-corrected chi connectivity index (χ1v) is 7.37. The van der Waals surface area contributed by atoms with Crippen molar-refractivity contribution in [2.75, 3.05) is 6.61 Å². The van der Waals surface area contributed by atoms with Gasteiger partial charge < -0.3 is 10.2 Å². The Kier molecular flexibility index (Phi) is 3.37. The van der Waals surface area contributed by atoms with Gasteiger partial charge in [-0.1, -0.05) is 15.9 Å². The minimum absolute atomic E-state index is 0.145. The zero-order valence-electron chi connectivity index (χ0n) is 10.6. The number of halogens is 1. The maximum Gasteiger partial charge on any atom is 0.0924 e. The number of fused-ring (bicyclic) bond motifs is 1. The Balaban J connectivity index is 1.82. The van der Waals surface area contributed by atoms with Crippen molar-refractivity contribution in [3.63, 3.8) is 0 Å². The van der Waals surface area contributed by atoms with Gasteiger partial charge in [0.2, 0.25) is 0 Å². The van der Waals surface area contributed by atoms with E-state index < -0.39 is 5.60 Å². The summed E-state index contributed by atoms with van der Waals surface area (Å²) in [5, 5.41) is 24.9. The van der Waals surface area contributed by atoms with Crippen LogP contribution in [0.15, 0.2) is 28.9 Å². The molecule has 0 amide bonds. The molecule has 1 heterocycles. The van der Waals surface area contributed by atoms with E-state index in [9.17, 15) is 10.2 Å². The van der Waals surface area contributed by atoms with E-state index >= 15 is 0 Å². The third-order valence-corrected chi connectivity index (χ3v) is 4.53. The van der Waals surface area contributed by atoms with E-state index in [0.29, 0.717) is 18.9 Å². The molecule has 5 heteroatoms. The second-order valence-electron chi connectivity index (χ2n) is 5.43. The lowest BCUT2D eigenvalue weighted by atomic mass is 9.83. The number of hydrogen-bond donors (Lipinski definition) is 2. The Morgan fingerprint density at radius 2 is 2.11 bits per heavy atom. The van der Waals surface area contributed by atoms with Gasteiger partial charge in [0, 0.05) is 16.1 Å². The van der Waals surface area contributed by atoms with Crippen LogP contribution in [-0.4, -0.2) is 32.2 Å². The normalized spacial score (nSPS) is 27.8. The maximum absolute atomic E-state index is 10.0. The van der Waals surface area contributed by atoms with Crippen LogP contribution in [0.4, 0.5) is 0 Å². The van der Waals surface area contributed by atoms with Gasteiger partial charge in [-0.3, -0.25) is 4.68 Å². The average Bonchev–Trinajstić information content (AvgIpc) is 2.82. The summed E-state index contributed by atoms with van der Waals surface area (Å²) in [7, 11) is 0. The summed E-state index contributed by atoms with van der Waals surface area (Å²) >= 11 is 3.46. The van der Waals surface area contributed by atoms with Crippen LogP contribution in [0.5, 0.6) is 0 Å². The lowest BCUT2D eigenvalue weighted by Gasteiger charge is -2.34. The van der Waals surface area contributed by atoms with Crippen molar-refractivity contribution >= 4 is 26.8 Å². The lowest BCUT2D eigenvalue weighted by molar-refractivity contribution is -0.0510. The Hall–Kier alpha value is -0.910. The zero-order valence-corrected chi connectivity index (χ0v) is 12.2. The van der Waals surface area contributed by atoms with E-state index in [1.807, 2.05) is 16.8 Å². The first kappa shape index (κ1) is 13.1. The van der Waals surface area contributed by atoms with Gasteiger partial charge in [0.05, 0.1) is 23.8 Å². The third-order valence-electron chi connectivity index (χ3n) is 4.04. The highest BCUT2D eigenvalue weighted by molar-refractivity contribution is 9.10. The molecule has 0 unspecified atom stereocenters. The van der Waals surface area contributed by atoms with Crippen LogP contribution in [0.3, 0.4) is 0 Å². The van der Waals surface area contributed by atoms with E-state index in [2.05, 4.69) is 33.3 Å². The molecule has 3 rings (SSSR count). The molecule has 1 saturated carbocycles. The van der Waals surface area contributed by atoms with Crippen LogP contribution in [-0.2, 0) is 0 Å². The van der Waals surface area contributed by atoms with Gasteiger partial charge in [-0.25, -0.2) is 0 Å². The average molecular weight is 325 g/mol. The fourth-order valence-corrected chi connectivity index (χ4v) is 3.14. The standard InChI is InChI=1S/C14H17BrN2O2/c15-11-1-2-13-10(7-11)8-17(16-13)12-3-5-14(19,9-18)6-4-12/h1-2,7-8,12,18-19H,3-6,9H2. The largest absolute Gasteiger partial charge is 0.393 e. The molecule has 19 heavy (non-hydrogen) atoms. The Morgan fingerprint density at radius 1 is 1.37 bits per heavy atom. The van der Waals surface area contributed by atoms with E-state index in [0.717, 1.165) is 28.2 Å². The molecule has 0 saturated heterocycles. The molecule has 0 atom stereocenters. The number of nitrogens with zero attached hydrogens (tertiary/aromatic N) is 2. The summed E-state index contributed by atoms with van der Waals surface area (Å²) in [6, 6.07) is 6.37. The van der Waals surface area contributed by atoms with Gasteiger partial charge in [-0.15, -0.1) is 0 Å². The van der Waals surface area contributed by atoms with Crippen LogP contribution in [0.25, 0.3) is 10.9 Å². The number of aromatic nitrogens is 2. The zero-order chi connectivity index (χ0) is 13.5. The van der Waals surface area contributed by atoms with E-state index in [1.54, 1.807) is 0 Å². The van der Waals surface area contributed by atoms with Crippen LogP contribution in [0.1, 0.15) is 31.7 Å². The SMILES string of the molecule is OCC1(O)CCC(n2cc3cc(Br)ccc3n2)CC1. The van der Waals surface area contributed by atoms with Gasteiger partial charge in [0.25, 0.3) is 0 Å². The van der Waals surface area contributed by atoms with Crippen molar-refractivity contribution in [3.8, 4) is 0 Å². The second kappa shape index (κ2) is 4.89. The highest BCUT2D eigenvalue weighted by Gasteiger charge is 2.33. The number of rotatable bonds is 2. The molecule has 0 bridgehead atoms. The van der Waals surface area contributed by atoms with Crippen molar-refractivity contribution in [1.82, 2.24) is 9.78 Å². The minimum Gasteiger partial charge on any atom is -0.393 e. The topological polar surface area (TPSA) is 58.3 Å². The lowest BCUT2D eigenvalue weighted by Crippen LogP contribution is -2.38. The first-order chi connectivity index (χ1) is 9.09. The predicted octanol–water partition coefficient (Wildman–Crippen LogP) is 2.64. The molecule has 1 aliphatic rings. The summed E-state index contributed by atoms with van der Waals surface area (Å²) in [5.41, 5.74) is 0.109. The Labute approximate surface area is 120 Å². The van der Waals surface area contributed by atoms with Gasteiger partial charge in [0.15, 0.2) is 0 Å². The number of aliphatic hydroxyl groups is 2. The van der Waals surface area contributed by atoms with Crippen molar-refractivity contribution < 1.29 is 10.2 Å². The minimum atomic E-state index is -0.883. The summed E-state index contributed by atoms with van der Waals surface area (Å²) in [5.74, 6) is 0. The van der Waals surface area contributed by atoms with Gasteiger partial charge in [0.1, 0.15) is 0 Å². The van der Waals surface area contributed by atoms with E-state index in [4.69, 9.17) is 0 Å². The quantitative estimate of drug-likeness (QED) is 0.892. The molecule has 0 spiro atoms. The second-order valence-corrected chi connectivity index (χ2v) is 6.34. The monoisotopic (exact) mass is 324 g/mol. The number of benzene rings is 1. The fraction of sp³-hybridized carbons (Fsp3) is 0.500. The Bertz CT molecular complexity index is 588. The van der Waals surface area contributed by atoms with Crippen LogP contribution in [0.2, 0.25) is 0 Å². The molecule has 102 valence electrons. The van der Waals surface area contributed by atoms with Crippen LogP contribution >= 0.6 is 15.9 Å². The molecule has 1 aromatic carbocycles. The number of hydrogen-bond acceptors (Lipinski definition) is 3. The maximum atomic E-state index is 10.0. The van der Waals surface area contributed by atoms with E-state index in [1.165, 1.54) is 0 Å². The highest BCUT2D eigenvalue weighted by atomic mass is 79.9. The van der Waals surface area contributed by atoms with Gasteiger partial charge >= 0.3 is 0 Å². The smallest absolute Gasteiger partial charge is 0.0924 e. The van der Waals surface area contributed by atoms with Crippen molar-refractivity contribution in [2.24, 2.45) is 0 Å². The fourth-order valence-electron chi connectivity index (χ4n) is 2.77. The van der Waals surface area contributed by atoms with Crippen molar-refractivity contribution in [1.29, 1.82) is 0 Å². The molecular formula is C14H17BrN2O2. The molecule has 0 radical (unpaired) electrons. The molecule has 2 N–H and O–H groups in total. The molecule has 1 fully saturated rings. The van der Waals surface area contributed by atoms with Gasteiger partial charge in [-0.2, -0.15) is 5.10 Å². The molecule has 1 aliphatic carbocycles. The third kappa shape index (κ3) is 2.55. The highest BCUT2D eigenvalue weighted by Crippen LogP contribution is 2.35. The molecule has 1 aromatic heterocycles. The molecular weight excluding hydrogens is 308 g/mol. The summed E-state index contributed by atoms with van der Waals surface area (Å²) in [6.07, 6.45) is 5.04. The molecule has 2 aromatic rings. The summed E-state index contributed by atoms with van der Waals surface area (Å²) in [6.45, 7) is -0.145. The van der Waals surface area contributed by atoms with Crippen molar-refractivity contribution in [2.45, 2.75) is 37.3 Å². The van der Waals surface area contributed by atoms with Gasteiger partial charge in [-0.05, 0) is 43.9 Å². The number of aliphatic hydroxyl groups excluding tert-OH is 1.